The average molecular weight is 957 g/mol. The quantitative estimate of drug-likeness (QED) is 0.142. The van der Waals surface area contributed by atoms with Crippen molar-refractivity contribution in [2.45, 2.75) is 80.1 Å². The molecule has 0 atom stereocenters. The summed E-state index contributed by atoms with van der Waals surface area (Å²) in [5.41, 5.74) is 32.8. The van der Waals surface area contributed by atoms with E-state index in [2.05, 4.69) is 285 Å². The number of rotatable bonds is 9. The predicted molar refractivity (Wildman–Crippen MR) is 316 cm³/mol. The molecular weight excluding hydrogens is 893 g/mol. The molecule has 0 aliphatic heterocycles. The minimum Gasteiger partial charge on any atom is -0.310 e. The van der Waals surface area contributed by atoms with Gasteiger partial charge in [0.15, 0.2) is 0 Å². The lowest BCUT2D eigenvalue weighted by Crippen LogP contribution is -2.14. The number of para-hydroxylation sites is 2. The third-order valence-electron chi connectivity index (χ3n) is 16.6. The van der Waals surface area contributed by atoms with Crippen molar-refractivity contribution in [2.75, 3.05) is 9.80 Å². The number of hydrogen-bond acceptors (Lipinski definition) is 2. The Labute approximate surface area is 439 Å². The van der Waals surface area contributed by atoms with Crippen LogP contribution < -0.4 is 9.80 Å². The van der Waals surface area contributed by atoms with Crippen LogP contribution in [0.5, 0.6) is 0 Å². The Bertz CT molecular complexity index is 3550. The van der Waals surface area contributed by atoms with Gasteiger partial charge in [-0.15, -0.1) is 0 Å². The van der Waals surface area contributed by atoms with Gasteiger partial charge in [-0.3, -0.25) is 0 Å². The molecule has 0 saturated carbocycles. The molecule has 0 unspecified atom stereocenters. The van der Waals surface area contributed by atoms with E-state index >= 15 is 0 Å². The van der Waals surface area contributed by atoms with Crippen molar-refractivity contribution in [3.8, 4) is 55.6 Å². The largest absolute Gasteiger partial charge is 0.310 e. The highest BCUT2D eigenvalue weighted by atomic mass is 15.1. The predicted octanol–water partition coefficient (Wildman–Crippen LogP) is 20.1. The Hall–Kier alpha value is -8.20. The maximum absolute atomic E-state index is 2.43. The molecule has 74 heavy (non-hydrogen) atoms. The summed E-state index contributed by atoms with van der Waals surface area (Å²) in [5, 5.41) is 0. The Morgan fingerprint density at radius 2 is 0.568 bits per heavy atom. The summed E-state index contributed by atoms with van der Waals surface area (Å²) < 4.78 is 0. The zero-order valence-electron chi connectivity index (χ0n) is 44.5. The lowest BCUT2D eigenvalue weighted by molar-refractivity contribution is 0.660. The number of nitrogens with zero attached hydrogens (tertiary/aromatic N) is 2. The molecule has 0 heterocycles. The van der Waals surface area contributed by atoms with Crippen molar-refractivity contribution in [2.24, 2.45) is 0 Å². The van der Waals surface area contributed by atoms with Gasteiger partial charge in [0.2, 0.25) is 0 Å². The maximum Gasteiger partial charge on any atom is 0.0490 e. The van der Waals surface area contributed by atoms with Crippen LogP contribution in [0.2, 0.25) is 0 Å². The van der Waals surface area contributed by atoms with Crippen LogP contribution in [0.4, 0.5) is 34.1 Å². The number of fused-ring (bicyclic) bond motifs is 6. The molecular formula is C72H64N2. The van der Waals surface area contributed by atoms with Gasteiger partial charge < -0.3 is 9.80 Å². The van der Waals surface area contributed by atoms with E-state index in [1.54, 1.807) is 0 Å². The molecule has 0 spiro atoms. The lowest BCUT2D eigenvalue weighted by Gasteiger charge is -2.30. The molecule has 0 aromatic heterocycles. The Balaban J connectivity index is 0.878. The molecule has 2 aliphatic rings. The topological polar surface area (TPSA) is 6.48 Å². The van der Waals surface area contributed by atoms with Crippen molar-refractivity contribution in [1.29, 1.82) is 0 Å². The molecule has 0 amide bonds. The van der Waals surface area contributed by atoms with Crippen molar-refractivity contribution in [1.82, 2.24) is 0 Å². The summed E-state index contributed by atoms with van der Waals surface area (Å²) in [6.45, 7) is 23.0. The van der Waals surface area contributed by atoms with Gasteiger partial charge in [-0.2, -0.15) is 0 Å². The Kier molecular flexibility index (Phi) is 11.3. The molecule has 0 bridgehead atoms. The summed E-state index contributed by atoms with van der Waals surface area (Å²) in [5.74, 6) is 0. The molecule has 10 aromatic carbocycles. The molecule has 0 fully saturated rings. The first-order valence-corrected chi connectivity index (χ1v) is 26.3. The van der Waals surface area contributed by atoms with Gasteiger partial charge in [0.1, 0.15) is 0 Å². The molecule has 0 saturated heterocycles. The Morgan fingerprint density at radius 1 is 0.257 bits per heavy atom. The SMILES string of the molecule is Cc1ccccc1N(c1ccc(-c2ccc3c(c2)C(C)(C)c2ccccc2-3)cc1)c1cc(C)c(-c2c(C)cc(N(c3ccc(-c4ccc5c(c4)C(C)(C)c4ccccc4-5)cc3)c3ccccc3C)cc2C)c(C)c1. The smallest absolute Gasteiger partial charge is 0.0490 e. The van der Waals surface area contributed by atoms with Crippen molar-refractivity contribution in [3.05, 3.63) is 262 Å². The fourth-order valence-electron chi connectivity index (χ4n) is 12.8. The summed E-state index contributed by atoms with van der Waals surface area (Å²) in [6, 6.07) is 77.2. The molecule has 2 heteroatoms. The van der Waals surface area contributed by atoms with E-state index in [4.69, 9.17) is 0 Å². The maximum atomic E-state index is 2.43. The Morgan fingerprint density at radius 3 is 0.932 bits per heavy atom. The van der Waals surface area contributed by atoms with Crippen LogP contribution in [0.3, 0.4) is 0 Å². The first kappa shape index (κ1) is 46.8. The van der Waals surface area contributed by atoms with Crippen LogP contribution in [-0.4, -0.2) is 0 Å². The summed E-state index contributed by atoms with van der Waals surface area (Å²) >= 11 is 0. The highest BCUT2D eigenvalue weighted by Gasteiger charge is 2.36. The zero-order chi connectivity index (χ0) is 51.2. The summed E-state index contributed by atoms with van der Waals surface area (Å²) in [6.07, 6.45) is 0. The highest BCUT2D eigenvalue weighted by Crippen LogP contribution is 2.52. The second-order valence-electron chi connectivity index (χ2n) is 22.1. The van der Waals surface area contributed by atoms with E-state index in [1.807, 2.05) is 0 Å². The first-order valence-electron chi connectivity index (χ1n) is 26.3. The fraction of sp³-hybridized carbons (Fsp3) is 0.167. The number of anilines is 6. The molecule has 10 aromatic rings. The van der Waals surface area contributed by atoms with E-state index in [-0.39, 0.29) is 10.8 Å². The second-order valence-corrected chi connectivity index (χ2v) is 22.1. The van der Waals surface area contributed by atoms with Gasteiger partial charge >= 0.3 is 0 Å². The van der Waals surface area contributed by atoms with Gasteiger partial charge in [-0.25, -0.2) is 0 Å². The minimum atomic E-state index is -0.0455. The van der Waals surface area contributed by atoms with Gasteiger partial charge in [-0.1, -0.05) is 161 Å². The van der Waals surface area contributed by atoms with E-state index in [9.17, 15) is 0 Å². The molecule has 0 N–H and O–H groups in total. The summed E-state index contributed by atoms with van der Waals surface area (Å²) in [4.78, 5) is 4.87. The van der Waals surface area contributed by atoms with Crippen LogP contribution in [0.25, 0.3) is 55.6 Å². The molecule has 362 valence electrons. The van der Waals surface area contributed by atoms with Crippen LogP contribution >= 0.6 is 0 Å². The lowest BCUT2D eigenvalue weighted by atomic mass is 9.81. The second kappa shape index (κ2) is 17.8. The number of aryl methyl sites for hydroxylation is 6. The molecule has 2 aliphatic carbocycles. The van der Waals surface area contributed by atoms with E-state index in [0.717, 1.165) is 22.7 Å². The van der Waals surface area contributed by atoms with Crippen molar-refractivity contribution in [3.63, 3.8) is 0 Å². The monoisotopic (exact) mass is 957 g/mol. The average Bonchev–Trinajstić information content (AvgIpc) is 3.77. The highest BCUT2D eigenvalue weighted by molar-refractivity contribution is 5.90. The van der Waals surface area contributed by atoms with Gasteiger partial charge in [0.25, 0.3) is 0 Å². The zero-order valence-corrected chi connectivity index (χ0v) is 44.5. The third kappa shape index (κ3) is 7.61. The van der Waals surface area contributed by atoms with Gasteiger partial charge in [0, 0.05) is 45.0 Å². The van der Waals surface area contributed by atoms with Gasteiger partial charge in [-0.05, 0) is 226 Å². The molecule has 12 rings (SSSR count). The van der Waals surface area contributed by atoms with Crippen LogP contribution in [0.1, 0.15) is 83.3 Å². The third-order valence-corrected chi connectivity index (χ3v) is 16.6. The van der Waals surface area contributed by atoms with Crippen LogP contribution in [-0.2, 0) is 10.8 Å². The van der Waals surface area contributed by atoms with Crippen LogP contribution in [0.15, 0.2) is 206 Å². The van der Waals surface area contributed by atoms with E-state index in [0.29, 0.717) is 0 Å². The van der Waals surface area contributed by atoms with E-state index < -0.39 is 0 Å². The van der Waals surface area contributed by atoms with Crippen molar-refractivity contribution < 1.29 is 0 Å². The molecule has 2 nitrogen and oxygen atoms in total. The molecule has 0 radical (unpaired) electrons. The number of benzene rings is 10. The van der Waals surface area contributed by atoms with E-state index in [1.165, 1.54) is 123 Å². The van der Waals surface area contributed by atoms with Crippen molar-refractivity contribution >= 4 is 34.1 Å². The normalized spacial score (nSPS) is 13.5. The standard InChI is InChI=1S/C72H64N2/c1-45-19-11-17-25-67(45)73(55-33-27-51(28-34-55)53-31-37-61-59-21-13-15-23-63(59)71(7,8)65(61)43-53)57-39-47(3)69(48(4)40-57)70-49(5)41-58(42-50(70)6)74(68-26-18-12-20-46(68)2)56-35-29-52(30-36-56)54-32-38-62-60-22-14-16-24-64(60)72(9,10)66(62)44-54/h11-44H,1-10H3. The summed E-state index contributed by atoms with van der Waals surface area (Å²) in [7, 11) is 0. The minimum absolute atomic E-state index is 0.0455. The first-order chi connectivity index (χ1) is 35.7. The number of hydrogen-bond donors (Lipinski definition) is 0. The fourth-order valence-corrected chi connectivity index (χ4v) is 12.8. The van der Waals surface area contributed by atoms with Gasteiger partial charge in [0.05, 0.1) is 0 Å². The van der Waals surface area contributed by atoms with Crippen LogP contribution in [0, 0.1) is 41.5 Å².